The Labute approximate surface area is 117 Å². The number of nitrogen functional groups attached to an aromatic ring is 1. The second-order valence-electron chi connectivity index (χ2n) is 6.68. The third-order valence-electron chi connectivity index (χ3n) is 5.50. The lowest BCUT2D eigenvalue weighted by Crippen LogP contribution is -2.23. The van der Waals surface area contributed by atoms with Crippen molar-refractivity contribution < 1.29 is 0 Å². The van der Waals surface area contributed by atoms with Crippen LogP contribution in [-0.4, -0.2) is 0 Å². The molecule has 0 aliphatic heterocycles. The van der Waals surface area contributed by atoms with Crippen LogP contribution in [0.15, 0.2) is 24.3 Å². The Morgan fingerprint density at radius 3 is 1.89 bits per heavy atom. The van der Waals surface area contributed by atoms with Gasteiger partial charge < -0.3 is 5.73 Å². The maximum atomic E-state index is 5.78. The number of benzene rings is 1. The van der Waals surface area contributed by atoms with E-state index in [9.17, 15) is 0 Å². The first-order valence-electron chi connectivity index (χ1n) is 8.18. The molecule has 0 spiro atoms. The minimum Gasteiger partial charge on any atom is -0.399 e. The molecule has 104 valence electrons. The average molecular weight is 257 g/mol. The summed E-state index contributed by atoms with van der Waals surface area (Å²) in [5, 5.41) is 0. The Morgan fingerprint density at radius 2 is 1.26 bits per heavy atom. The molecule has 0 heterocycles. The van der Waals surface area contributed by atoms with Crippen molar-refractivity contribution in [3.05, 3.63) is 29.8 Å². The molecule has 19 heavy (non-hydrogen) atoms. The summed E-state index contributed by atoms with van der Waals surface area (Å²) in [5.41, 5.74) is 8.17. The molecule has 1 nitrogen and oxygen atoms in total. The number of anilines is 1. The van der Waals surface area contributed by atoms with Crippen molar-refractivity contribution in [3.8, 4) is 0 Å². The number of nitrogens with two attached hydrogens (primary N) is 1. The monoisotopic (exact) mass is 257 g/mol. The zero-order valence-corrected chi connectivity index (χ0v) is 12.0. The molecular weight excluding hydrogens is 230 g/mol. The van der Waals surface area contributed by atoms with Crippen molar-refractivity contribution in [1.29, 1.82) is 0 Å². The fraction of sp³-hybridized carbons (Fsp3) is 0.667. The largest absolute Gasteiger partial charge is 0.399 e. The lowest BCUT2D eigenvalue weighted by molar-refractivity contribution is 0.186. The molecule has 2 N–H and O–H groups in total. The second-order valence-corrected chi connectivity index (χ2v) is 6.68. The molecule has 0 radical (unpaired) electrons. The summed E-state index contributed by atoms with van der Waals surface area (Å²) in [7, 11) is 0. The maximum absolute atomic E-state index is 5.78. The van der Waals surface area contributed by atoms with Crippen LogP contribution in [0.2, 0.25) is 0 Å². The van der Waals surface area contributed by atoms with Crippen molar-refractivity contribution in [3.63, 3.8) is 0 Å². The third-order valence-corrected chi connectivity index (χ3v) is 5.50. The van der Waals surface area contributed by atoms with E-state index in [2.05, 4.69) is 24.3 Å². The number of hydrogen-bond donors (Lipinski definition) is 1. The molecule has 2 aliphatic carbocycles. The van der Waals surface area contributed by atoms with Crippen LogP contribution in [0.25, 0.3) is 0 Å². The van der Waals surface area contributed by atoms with Gasteiger partial charge in [-0.25, -0.2) is 0 Å². The highest BCUT2D eigenvalue weighted by atomic mass is 14.5. The SMILES string of the molecule is Nc1ccc(C2CCC(C3CCCCC3)CC2)cc1. The topological polar surface area (TPSA) is 26.0 Å². The van der Waals surface area contributed by atoms with Crippen molar-refractivity contribution in [2.75, 3.05) is 5.73 Å². The van der Waals surface area contributed by atoms with Gasteiger partial charge >= 0.3 is 0 Å². The first-order valence-corrected chi connectivity index (χ1v) is 8.18. The molecule has 1 aromatic carbocycles. The quantitative estimate of drug-likeness (QED) is 0.731. The van der Waals surface area contributed by atoms with Crippen LogP contribution in [0, 0.1) is 11.8 Å². The van der Waals surface area contributed by atoms with Gasteiger partial charge in [0, 0.05) is 5.69 Å². The van der Waals surface area contributed by atoms with Gasteiger partial charge in [-0.1, -0.05) is 44.2 Å². The van der Waals surface area contributed by atoms with Crippen molar-refractivity contribution in [2.45, 2.75) is 63.7 Å². The van der Waals surface area contributed by atoms with Crippen molar-refractivity contribution in [2.24, 2.45) is 11.8 Å². The summed E-state index contributed by atoms with van der Waals surface area (Å²) in [4.78, 5) is 0. The van der Waals surface area contributed by atoms with Crippen LogP contribution < -0.4 is 5.73 Å². The highest BCUT2D eigenvalue weighted by Crippen LogP contribution is 2.42. The van der Waals surface area contributed by atoms with Crippen molar-refractivity contribution >= 4 is 5.69 Å². The Hall–Kier alpha value is -0.980. The van der Waals surface area contributed by atoms with Gasteiger partial charge in [-0.2, -0.15) is 0 Å². The maximum Gasteiger partial charge on any atom is 0.0314 e. The smallest absolute Gasteiger partial charge is 0.0314 e. The molecular formula is C18H27N. The van der Waals surface area contributed by atoms with Crippen LogP contribution in [0.1, 0.15) is 69.3 Å². The molecule has 1 heteroatoms. The van der Waals surface area contributed by atoms with E-state index < -0.39 is 0 Å². The Morgan fingerprint density at radius 1 is 0.684 bits per heavy atom. The van der Waals surface area contributed by atoms with Crippen LogP contribution in [0.3, 0.4) is 0 Å². The van der Waals surface area contributed by atoms with Gasteiger partial charge in [-0.05, 0) is 61.1 Å². The Bertz CT molecular complexity index is 381. The Balaban J connectivity index is 1.55. The predicted octanol–water partition coefficient (Wildman–Crippen LogP) is 5.12. The molecule has 0 aromatic heterocycles. The van der Waals surface area contributed by atoms with Crippen LogP contribution in [-0.2, 0) is 0 Å². The standard InChI is InChI=1S/C18H27N/c19-18-12-10-17(11-13-18)16-8-6-15(7-9-16)14-4-2-1-3-5-14/h10-16H,1-9,19H2. The normalized spacial score (nSPS) is 29.3. The molecule has 2 aliphatic rings. The highest BCUT2D eigenvalue weighted by Gasteiger charge is 2.28. The third kappa shape index (κ3) is 3.13. The summed E-state index contributed by atoms with van der Waals surface area (Å²) < 4.78 is 0. The minimum absolute atomic E-state index is 0.792. The Kier molecular flexibility index (Phi) is 4.10. The van der Waals surface area contributed by atoms with E-state index in [0.717, 1.165) is 23.4 Å². The average Bonchev–Trinajstić information content (AvgIpc) is 2.49. The molecule has 0 atom stereocenters. The van der Waals surface area contributed by atoms with Crippen molar-refractivity contribution in [1.82, 2.24) is 0 Å². The molecule has 0 amide bonds. The van der Waals surface area contributed by atoms with Crippen LogP contribution in [0.5, 0.6) is 0 Å². The van der Waals surface area contributed by atoms with Crippen LogP contribution >= 0.6 is 0 Å². The van der Waals surface area contributed by atoms with Gasteiger partial charge in [0.25, 0.3) is 0 Å². The van der Waals surface area contributed by atoms with E-state index in [1.165, 1.54) is 63.4 Å². The summed E-state index contributed by atoms with van der Waals surface area (Å²) >= 11 is 0. The summed E-state index contributed by atoms with van der Waals surface area (Å²) in [6, 6.07) is 8.59. The van der Waals surface area contributed by atoms with E-state index in [0.29, 0.717) is 0 Å². The molecule has 2 saturated carbocycles. The fourth-order valence-electron chi connectivity index (χ4n) is 4.30. The van der Waals surface area contributed by atoms with E-state index in [4.69, 9.17) is 5.73 Å². The number of hydrogen-bond acceptors (Lipinski definition) is 1. The van der Waals surface area contributed by atoms with Gasteiger partial charge in [-0.3, -0.25) is 0 Å². The van der Waals surface area contributed by atoms with E-state index >= 15 is 0 Å². The highest BCUT2D eigenvalue weighted by molar-refractivity contribution is 5.40. The van der Waals surface area contributed by atoms with E-state index in [1.807, 2.05) is 0 Å². The van der Waals surface area contributed by atoms with Gasteiger partial charge in [0.15, 0.2) is 0 Å². The van der Waals surface area contributed by atoms with Gasteiger partial charge in [0.2, 0.25) is 0 Å². The molecule has 0 unspecified atom stereocenters. The van der Waals surface area contributed by atoms with E-state index in [-0.39, 0.29) is 0 Å². The van der Waals surface area contributed by atoms with Crippen LogP contribution in [0.4, 0.5) is 5.69 Å². The molecule has 0 saturated heterocycles. The molecule has 0 bridgehead atoms. The lowest BCUT2D eigenvalue weighted by atomic mass is 9.70. The predicted molar refractivity (Wildman–Crippen MR) is 82.1 cm³/mol. The minimum atomic E-state index is 0.792. The van der Waals surface area contributed by atoms with Gasteiger partial charge in [-0.15, -0.1) is 0 Å². The second kappa shape index (κ2) is 5.98. The van der Waals surface area contributed by atoms with Gasteiger partial charge in [0.05, 0.1) is 0 Å². The zero-order valence-electron chi connectivity index (χ0n) is 12.0. The first-order chi connectivity index (χ1) is 9.33. The summed E-state index contributed by atoms with van der Waals surface area (Å²) in [6.07, 6.45) is 13.2. The zero-order chi connectivity index (χ0) is 13.1. The number of rotatable bonds is 2. The molecule has 1 aromatic rings. The molecule has 2 fully saturated rings. The van der Waals surface area contributed by atoms with Gasteiger partial charge in [0.1, 0.15) is 0 Å². The summed E-state index contributed by atoms with van der Waals surface area (Å²) in [5.74, 6) is 2.88. The fourth-order valence-corrected chi connectivity index (χ4v) is 4.30. The summed E-state index contributed by atoms with van der Waals surface area (Å²) in [6.45, 7) is 0. The molecule has 3 rings (SSSR count). The first kappa shape index (κ1) is 13.0. The van der Waals surface area contributed by atoms with E-state index in [1.54, 1.807) is 0 Å². The lowest BCUT2D eigenvalue weighted by Gasteiger charge is -2.36.